The number of hydroxylamine groups is 1. The highest BCUT2D eigenvalue weighted by Crippen LogP contribution is 2.08. The zero-order valence-corrected chi connectivity index (χ0v) is 17.3. The van der Waals surface area contributed by atoms with Gasteiger partial charge in [0, 0.05) is 23.2 Å². The second kappa shape index (κ2) is 11.1. The molecule has 0 bridgehead atoms. The second-order valence-corrected chi connectivity index (χ2v) is 7.02. The van der Waals surface area contributed by atoms with Crippen LogP contribution in [0.4, 0.5) is 0 Å². The lowest BCUT2D eigenvalue weighted by molar-refractivity contribution is -0.133. The molecule has 2 atom stereocenters. The van der Waals surface area contributed by atoms with E-state index in [4.69, 9.17) is 5.21 Å². The average Bonchev–Trinajstić information content (AvgIpc) is 2.76. The summed E-state index contributed by atoms with van der Waals surface area (Å²) in [6.07, 6.45) is -1.17. The van der Waals surface area contributed by atoms with E-state index in [1.54, 1.807) is 24.3 Å². The highest BCUT2D eigenvalue weighted by atomic mass is 16.5. The number of rotatable bonds is 7. The summed E-state index contributed by atoms with van der Waals surface area (Å²) < 4.78 is 0. The Hall–Kier alpha value is -3.18. The third-order valence-electron chi connectivity index (χ3n) is 4.61. The van der Waals surface area contributed by atoms with Crippen LogP contribution in [0.3, 0.4) is 0 Å². The molecule has 0 fully saturated rings. The third kappa shape index (κ3) is 6.71. The number of aliphatic hydroxyl groups excluding tert-OH is 1. The normalized spacial score (nSPS) is 12.5. The fraction of sp³-hybridized carbons (Fsp3) is 0.304. The van der Waals surface area contributed by atoms with Crippen molar-refractivity contribution in [1.82, 2.24) is 15.7 Å². The van der Waals surface area contributed by atoms with Gasteiger partial charge in [-0.15, -0.1) is 0 Å². The lowest BCUT2D eigenvalue weighted by Gasteiger charge is -2.19. The van der Waals surface area contributed by atoms with Gasteiger partial charge in [-0.2, -0.15) is 0 Å². The number of amides is 2. The highest BCUT2D eigenvalue weighted by Gasteiger charge is 2.25. The first-order valence-electron chi connectivity index (χ1n) is 9.66. The molecule has 4 N–H and O–H groups in total. The molecule has 0 unspecified atom stereocenters. The van der Waals surface area contributed by atoms with Crippen LogP contribution in [0.15, 0.2) is 48.5 Å². The van der Waals surface area contributed by atoms with E-state index in [2.05, 4.69) is 48.2 Å². The van der Waals surface area contributed by atoms with Crippen LogP contribution in [0.1, 0.15) is 40.9 Å². The van der Waals surface area contributed by atoms with Gasteiger partial charge >= 0.3 is 0 Å². The van der Waals surface area contributed by atoms with Crippen molar-refractivity contribution in [3.63, 3.8) is 0 Å². The minimum atomic E-state index is -1.26. The summed E-state index contributed by atoms with van der Waals surface area (Å²) in [7, 11) is 2.07. The lowest BCUT2D eigenvalue weighted by Crippen LogP contribution is -2.51. The van der Waals surface area contributed by atoms with Gasteiger partial charge in [-0.05, 0) is 62.5 Å². The van der Waals surface area contributed by atoms with Gasteiger partial charge in [0.1, 0.15) is 6.04 Å². The van der Waals surface area contributed by atoms with E-state index in [1.165, 1.54) is 18.0 Å². The van der Waals surface area contributed by atoms with Crippen LogP contribution in [0, 0.1) is 11.8 Å². The fourth-order valence-electron chi connectivity index (χ4n) is 2.67. The predicted octanol–water partition coefficient (Wildman–Crippen LogP) is 1.52. The van der Waals surface area contributed by atoms with Gasteiger partial charge in [0.05, 0.1) is 6.10 Å². The summed E-state index contributed by atoms with van der Waals surface area (Å²) in [6.45, 7) is 5.34. The molecule has 158 valence electrons. The van der Waals surface area contributed by atoms with E-state index in [-0.39, 0.29) is 0 Å². The zero-order valence-electron chi connectivity index (χ0n) is 17.3. The maximum absolute atomic E-state index is 12.3. The summed E-state index contributed by atoms with van der Waals surface area (Å²) in [5, 5.41) is 20.7. The van der Waals surface area contributed by atoms with Gasteiger partial charge < -0.3 is 15.3 Å². The van der Waals surface area contributed by atoms with Crippen molar-refractivity contribution in [3.8, 4) is 11.8 Å². The number of carbonyl (C=O) groups excluding carboxylic acids is 2. The van der Waals surface area contributed by atoms with Crippen LogP contribution in [-0.4, -0.2) is 52.8 Å². The Kier molecular flexibility index (Phi) is 8.56. The van der Waals surface area contributed by atoms with Crippen LogP contribution in [-0.2, 0) is 11.3 Å². The summed E-state index contributed by atoms with van der Waals surface area (Å²) in [5.74, 6) is 4.71. The molecule has 0 aliphatic rings. The molecule has 0 heterocycles. The van der Waals surface area contributed by atoms with Crippen LogP contribution in [0.25, 0.3) is 0 Å². The van der Waals surface area contributed by atoms with Gasteiger partial charge in [-0.3, -0.25) is 14.8 Å². The van der Waals surface area contributed by atoms with Gasteiger partial charge in [0.25, 0.3) is 11.8 Å². The summed E-state index contributed by atoms with van der Waals surface area (Å²) in [6, 6.07) is 13.4. The maximum Gasteiger partial charge on any atom is 0.268 e. The first kappa shape index (κ1) is 23.1. The number of nitrogens with zero attached hydrogens (tertiary/aromatic N) is 1. The van der Waals surface area contributed by atoms with E-state index >= 15 is 0 Å². The van der Waals surface area contributed by atoms with Crippen LogP contribution in [0.2, 0.25) is 0 Å². The number of nitrogens with one attached hydrogen (secondary N) is 2. The monoisotopic (exact) mass is 409 g/mol. The quantitative estimate of drug-likeness (QED) is 0.316. The molecule has 0 aliphatic heterocycles. The minimum Gasteiger partial charge on any atom is -0.391 e. The molecule has 0 aromatic heterocycles. The molecule has 2 amide bonds. The highest BCUT2D eigenvalue weighted by molar-refractivity contribution is 5.97. The smallest absolute Gasteiger partial charge is 0.268 e. The topological polar surface area (TPSA) is 102 Å². The van der Waals surface area contributed by atoms with E-state index in [9.17, 15) is 14.7 Å². The summed E-state index contributed by atoms with van der Waals surface area (Å²) >= 11 is 0. The van der Waals surface area contributed by atoms with E-state index in [0.29, 0.717) is 5.56 Å². The van der Waals surface area contributed by atoms with Crippen molar-refractivity contribution in [3.05, 3.63) is 70.8 Å². The maximum atomic E-state index is 12.3. The van der Waals surface area contributed by atoms with Crippen molar-refractivity contribution in [1.29, 1.82) is 0 Å². The van der Waals surface area contributed by atoms with Crippen LogP contribution < -0.4 is 10.8 Å². The predicted molar refractivity (Wildman–Crippen MR) is 114 cm³/mol. The van der Waals surface area contributed by atoms with E-state index in [1.807, 2.05) is 12.1 Å². The molecular formula is C23H27N3O4. The van der Waals surface area contributed by atoms with Gasteiger partial charge in [0.2, 0.25) is 0 Å². The second-order valence-electron chi connectivity index (χ2n) is 7.02. The zero-order chi connectivity index (χ0) is 22.1. The van der Waals surface area contributed by atoms with Gasteiger partial charge in [-0.1, -0.05) is 30.9 Å². The Morgan fingerprint density at radius 2 is 1.57 bits per heavy atom. The first-order chi connectivity index (χ1) is 14.3. The molecule has 2 aromatic rings. The molecule has 2 aromatic carbocycles. The molecule has 7 heteroatoms. The fourth-order valence-corrected chi connectivity index (χ4v) is 2.67. The number of aliphatic hydroxyl groups is 1. The number of hydrogen-bond donors (Lipinski definition) is 4. The molecule has 0 saturated heterocycles. The Morgan fingerprint density at radius 1 is 1.03 bits per heavy atom. The Balaban J connectivity index is 2.03. The van der Waals surface area contributed by atoms with E-state index in [0.717, 1.165) is 24.2 Å². The van der Waals surface area contributed by atoms with Crippen LogP contribution in [0.5, 0.6) is 0 Å². The first-order valence-corrected chi connectivity index (χ1v) is 9.66. The Morgan fingerprint density at radius 3 is 2.03 bits per heavy atom. The largest absolute Gasteiger partial charge is 0.391 e. The summed E-state index contributed by atoms with van der Waals surface area (Å²) in [5.41, 5.74) is 4.60. The number of benzene rings is 2. The molecule has 2 rings (SSSR count). The van der Waals surface area contributed by atoms with Gasteiger partial charge in [0.15, 0.2) is 0 Å². The third-order valence-corrected chi connectivity index (χ3v) is 4.61. The van der Waals surface area contributed by atoms with Crippen molar-refractivity contribution in [2.24, 2.45) is 0 Å². The Labute approximate surface area is 176 Å². The Bertz CT molecular complexity index is 912. The average molecular weight is 409 g/mol. The standard InChI is InChI=1S/C23H27N3O4/c1-4-26(3)15-19-9-7-17(8-10-19)5-6-18-11-13-20(14-12-18)22(28)24-21(16(2)27)23(29)25-30/h7-14,16,21,27,30H,4,15H2,1-3H3,(H,24,28)(H,25,29)/t16-,21+/m1/s1. The van der Waals surface area contributed by atoms with Crippen molar-refractivity contribution < 1.29 is 19.9 Å². The van der Waals surface area contributed by atoms with Crippen molar-refractivity contribution >= 4 is 11.8 Å². The SMILES string of the molecule is CCN(C)Cc1ccc(C#Cc2ccc(C(=O)N[C@H](C(=O)NO)[C@@H](C)O)cc2)cc1. The lowest BCUT2D eigenvalue weighted by atomic mass is 10.1. The van der Waals surface area contributed by atoms with Crippen molar-refractivity contribution in [2.75, 3.05) is 13.6 Å². The van der Waals surface area contributed by atoms with Crippen molar-refractivity contribution in [2.45, 2.75) is 32.5 Å². The summed E-state index contributed by atoms with van der Waals surface area (Å²) in [4.78, 5) is 26.0. The van der Waals surface area contributed by atoms with Crippen LogP contribution >= 0.6 is 0 Å². The number of carbonyl (C=O) groups is 2. The molecule has 0 aliphatic carbocycles. The molecule has 0 spiro atoms. The van der Waals surface area contributed by atoms with Gasteiger partial charge in [-0.25, -0.2) is 5.48 Å². The molecule has 0 saturated carbocycles. The minimum absolute atomic E-state index is 0.307. The molecule has 7 nitrogen and oxygen atoms in total. The molecule has 30 heavy (non-hydrogen) atoms. The van der Waals surface area contributed by atoms with E-state index < -0.39 is 24.0 Å². The molecular weight excluding hydrogens is 382 g/mol. The number of hydrogen-bond acceptors (Lipinski definition) is 5. The molecule has 0 radical (unpaired) electrons.